The van der Waals surface area contributed by atoms with E-state index in [1.165, 1.54) is 167 Å². The molecule has 2 atom stereocenters. The number of carbonyl (C=O) groups is 2. The molecule has 63 heavy (non-hydrogen) atoms. The predicted molar refractivity (Wildman–Crippen MR) is 272 cm³/mol. The van der Waals surface area contributed by atoms with Gasteiger partial charge in [-0.1, -0.05) is 177 Å². The maximum absolute atomic E-state index is 13.9. The highest BCUT2D eigenvalue weighted by atomic mass is 28.4. The second-order valence-corrected chi connectivity index (χ2v) is 27.0. The van der Waals surface area contributed by atoms with Gasteiger partial charge < -0.3 is 18.8 Å². The molecule has 2 aliphatic rings. The van der Waals surface area contributed by atoms with E-state index in [4.69, 9.17) is 13.9 Å². The van der Waals surface area contributed by atoms with Crippen LogP contribution in [0.2, 0.25) is 18.1 Å². The number of rotatable bonds is 38. The van der Waals surface area contributed by atoms with Gasteiger partial charge in [-0.3, -0.25) is 14.5 Å². The molecule has 372 valence electrons. The number of unbranched alkanes of at least 4 members (excludes halogenated alkanes) is 18. The zero-order valence-electron chi connectivity index (χ0n) is 43.7. The molecule has 0 aromatic carbocycles. The lowest BCUT2D eigenvalue weighted by molar-refractivity contribution is -0.156. The van der Waals surface area contributed by atoms with Gasteiger partial charge in [-0.05, 0) is 127 Å². The standard InChI is InChI=1S/C55H108N2O5Si/c1-10-14-18-22-24-29-35-49(33-27-20-16-12-3)52(58)60-47-51(48-61-53(59)50(34-28-21-17-13-4)36-30-25-23-19-15-11-2)57-44-39-55(40-45-57)37-42-56(43-38-55)41-31-26-32-46-62-63(8,9)54(5,6)7/h49-51H,10-48H2,1-9H3. The van der Waals surface area contributed by atoms with Crippen molar-refractivity contribution in [2.45, 2.75) is 272 Å². The molecule has 7 nitrogen and oxygen atoms in total. The summed E-state index contributed by atoms with van der Waals surface area (Å²) in [5, 5.41) is 0.278. The molecule has 1 spiro atoms. The van der Waals surface area contributed by atoms with E-state index >= 15 is 0 Å². The van der Waals surface area contributed by atoms with Crippen LogP contribution in [-0.2, 0) is 23.5 Å². The maximum atomic E-state index is 13.9. The van der Waals surface area contributed by atoms with Crippen molar-refractivity contribution < 1.29 is 23.5 Å². The van der Waals surface area contributed by atoms with Crippen molar-refractivity contribution in [3.05, 3.63) is 0 Å². The molecule has 0 radical (unpaired) electrons. The first kappa shape index (κ1) is 58.2. The van der Waals surface area contributed by atoms with Gasteiger partial charge in [0.15, 0.2) is 8.32 Å². The van der Waals surface area contributed by atoms with E-state index < -0.39 is 8.32 Å². The minimum absolute atomic E-state index is 0.0165. The Balaban J connectivity index is 2.03. The van der Waals surface area contributed by atoms with Gasteiger partial charge in [-0.2, -0.15) is 0 Å². The van der Waals surface area contributed by atoms with Crippen molar-refractivity contribution >= 4 is 20.3 Å². The van der Waals surface area contributed by atoms with Crippen LogP contribution in [0.25, 0.3) is 0 Å². The summed E-state index contributed by atoms with van der Waals surface area (Å²) in [6, 6.07) is -0.0828. The summed E-state index contributed by atoms with van der Waals surface area (Å²) in [7, 11) is -1.65. The van der Waals surface area contributed by atoms with E-state index in [1.807, 2.05) is 0 Å². The summed E-state index contributed by atoms with van der Waals surface area (Å²) in [6.45, 7) is 27.9. The largest absolute Gasteiger partial charge is 0.464 e. The fourth-order valence-electron chi connectivity index (χ4n) is 9.86. The molecule has 0 saturated carbocycles. The Morgan fingerprint density at radius 3 is 1.30 bits per heavy atom. The molecule has 2 saturated heterocycles. The number of hydrogen-bond donors (Lipinski definition) is 0. The second-order valence-electron chi connectivity index (χ2n) is 22.2. The molecule has 0 aliphatic carbocycles. The Morgan fingerprint density at radius 1 is 0.524 bits per heavy atom. The van der Waals surface area contributed by atoms with E-state index in [0.29, 0.717) is 18.6 Å². The highest BCUT2D eigenvalue weighted by molar-refractivity contribution is 6.74. The van der Waals surface area contributed by atoms with Crippen LogP contribution in [0.3, 0.4) is 0 Å². The number of carbonyl (C=O) groups excluding carboxylic acids is 2. The molecule has 2 heterocycles. The quantitative estimate of drug-likeness (QED) is 0.0347. The van der Waals surface area contributed by atoms with Gasteiger partial charge >= 0.3 is 11.9 Å². The van der Waals surface area contributed by atoms with Gasteiger partial charge in [0.25, 0.3) is 0 Å². The first-order valence-electron chi connectivity index (χ1n) is 27.7. The van der Waals surface area contributed by atoms with Crippen LogP contribution in [0, 0.1) is 17.3 Å². The Bertz CT molecular complexity index is 1080. The maximum Gasteiger partial charge on any atom is 0.308 e. The summed E-state index contributed by atoms with van der Waals surface area (Å²) < 4.78 is 19.1. The summed E-state index contributed by atoms with van der Waals surface area (Å²) in [4.78, 5) is 33.1. The molecule has 0 N–H and O–H groups in total. The number of hydrogen-bond acceptors (Lipinski definition) is 7. The molecule has 2 fully saturated rings. The van der Waals surface area contributed by atoms with E-state index in [1.54, 1.807) is 0 Å². The summed E-state index contributed by atoms with van der Waals surface area (Å²) in [6.07, 6.45) is 36.6. The molecule has 2 unspecified atom stereocenters. The van der Waals surface area contributed by atoms with Gasteiger partial charge in [-0.25, -0.2) is 0 Å². The summed E-state index contributed by atoms with van der Waals surface area (Å²) >= 11 is 0. The third-order valence-corrected chi connectivity index (χ3v) is 20.3. The summed E-state index contributed by atoms with van der Waals surface area (Å²) in [5.74, 6) is -0.0765. The van der Waals surface area contributed by atoms with Crippen LogP contribution in [-0.4, -0.2) is 88.6 Å². The molecular formula is C55H108N2O5Si. The number of esters is 2. The number of piperidine rings is 2. The van der Waals surface area contributed by atoms with Gasteiger partial charge in [0, 0.05) is 6.61 Å². The van der Waals surface area contributed by atoms with E-state index in [2.05, 4.69) is 71.4 Å². The number of ether oxygens (including phenoxy) is 2. The van der Waals surface area contributed by atoms with Crippen molar-refractivity contribution in [3.8, 4) is 0 Å². The van der Waals surface area contributed by atoms with E-state index in [0.717, 1.165) is 71.1 Å². The minimum atomic E-state index is -1.65. The van der Waals surface area contributed by atoms with Crippen LogP contribution < -0.4 is 0 Å². The average Bonchev–Trinajstić information content (AvgIpc) is 3.26. The van der Waals surface area contributed by atoms with Crippen molar-refractivity contribution in [1.29, 1.82) is 0 Å². The highest BCUT2D eigenvalue weighted by Crippen LogP contribution is 2.42. The lowest BCUT2D eigenvalue weighted by Gasteiger charge is -2.48. The monoisotopic (exact) mass is 905 g/mol. The number of likely N-dealkylation sites (tertiary alicyclic amines) is 2. The van der Waals surface area contributed by atoms with Crippen molar-refractivity contribution in [1.82, 2.24) is 9.80 Å². The van der Waals surface area contributed by atoms with Gasteiger partial charge in [0.2, 0.25) is 0 Å². The second kappa shape index (κ2) is 34.3. The third kappa shape index (κ3) is 25.1. The van der Waals surface area contributed by atoms with Gasteiger partial charge in [-0.15, -0.1) is 0 Å². The molecule has 0 aromatic heterocycles. The average molecular weight is 906 g/mol. The first-order chi connectivity index (χ1) is 30.3. The van der Waals surface area contributed by atoms with E-state index in [-0.39, 0.29) is 34.9 Å². The smallest absolute Gasteiger partial charge is 0.308 e. The van der Waals surface area contributed by atoms with Crippen molar-refractivity contribution in [3.63, 3.8) is 0 Å². The lowest BCUT2D eigenvalue weighted by atomic mass is 9.71. The molecule has 0 amide bonds. The lowest BCUT2D eigenvalue weighted by Crippen LogP contribution is -2.52. The molecule has 8 heteroatoms. The normalized spacial score (nSPS) is 17.8. The highest BCUT2D eigenvalue weighted by Gasteiger charge is 2.40. The number of nitrogens with zero attached hydrogens (tertiary/aromatic N) is 2. The molecule has 2 aliphatic heterocycles. The van der Waals surface area contributed by atoms with Crippen molar-refractivity contribution in [2.24, 2.45) is 17.3 Å². The van der Waals surface area contributed by atoms with E-state index in [9.17, 15) is 9.59 Å². The topological polar surface area (TPSA) is 68.3 Å². The zero-order valence-corrected chi connectivity index (χ0v) is 44.7. The fourth-order valence-corrected chi connectivity index (χ4v) is 10.9. The van der Waals surface area contributed by atoms with Crippen LogP contribution in [0.5, 0.6) is 0 Å². The van der Waals surface area contributed by atoms with Crippen LogP contribution in [0.15, 0.2) is 0 Å². The molecule has 2 rings (SSSR count). The minimum Gasteiger partial charge on any atom is -0.464 e. The predicted octanol–water partition coefficient (Wildman–Crippen LogP) is 15.5. The molecular weight excluding hydrogens is 797 g/mol. The Labute approximate surface area is 393 Å². The van der Waals surface area contributed by atoms with Gasteiger partial charge in [0.1, 0.15) is 13.2 Å². The zero-order chi connectivity index (χ0) is 46.2. The van der Waals surface area contributed by atoms with Crippen LogP contribution in [0.4, 0.5) is 0 Å². The van der Waals surface area contributed by atoms with Crippen LogP contribution in [0.1, 0.15) is 248 Å². The Morgan fingerprint density at radius 2 is 0.889 bits per heavy atom. The first-order valence-corrected chi connectivity index (χ1v) is 30.7. The third-order valence-electron chi connectivity index (χ3n) is 15.8. The summed E-state index contributed by atoms with van der Waals surface area (Å²) in [5.41, 5.74) is 0.406. The molecule has 0 aromatic rings. The van der Waals surface area contributed by atoms with Crippen LogP contribution >= 0.6 is 0 Å². The Hall–Kier alpha value is -0.963. The fraction of sp³-hybridized carbons (Fsp3) is 0.964. The Kier molecular flexibility index (Phi) is 31.7. The molecule has 0 bridgehead atoms. The SMILES string of the molecule is CCCCCCCCC(CCCCCC)C(=O)OCC(COC(=O)C(CCCCCC)CCCCCCCC)N1CCC2(CCN(CCCCCO[Si](C)(C)C(C)(C)C)CC2)CC1. The van der Waals surface area contributed by atoms with Gasteiger partial charge in [0.05, 0.1) is 17.9 Å². The van der Waals surface area contributed by atoms with Crippen molar-refractivity contribution in [2.75, 3.05) is 52.5 Å².